The molecule has 9 heteroatoms. The van der Waals surface area contributed by atoms with Crippen LogP contribution in [0.25, 0.3) is 11.1 Å². The van der Waals surface area contributed by atoms with Crippen LogP contribution in [0.1, 0.15) is 0 Å². The average molecular weight is 282 g/mol. The molecule has 0 atom stereocenters. The van der Waals surface area contributed by atoms with Crippen LogP contribution in [0.5, 0.6) is 0 Å². The topological polar surface area (TPSA) is 25.8 Å². The summed E-state index contributed by atoms with van der Waals surface area (Å²) in [5.74, 6) is -13.2. The Balaban J connectivity index is 2.83. The Hall–Kier alpha value is -2.19. The van der Waals surface area contributed by atoms with Gasteiger partial charge in [-0.2, -0.15) is 13.8 Å². The van der Waals surface area contributed by atoms with E-state index in [0.717, 1.165) is 0 Å². The maximum Gasteiger partial charge on any atom is 0.311 e. The van der Waals surface area contributed by atoms with Gasteiger partial charge >= 0.3 is 6.08 Å². The number of hydrogen-bond donors (Lipinski definition) is 0. The Morgan fingerprint density at radius 2 is 1.16 bits per heavy atom. The molecule has 0 spiro atoms. The number of rotatable bonds is 1. The average Bonchev–Trinajstić information content (AvgIpc) is 2.37. The predicted molar refractivity (Wildman–Crippen MR) is 47.2 cm³/mol. The lowest BCUT2D eigenvalue weighted by Crippen LogP contribution is -2.06. The van der Waals surface area contributed by atoms with E-state index in [-0.39, 0.29) is 6.20 Å². The van der Waals surface area contributed by atoms with E-state index in [1.165, 1.54) is 0 Å². The molecular weight excluding hydrogens is 281 g/mol. The molecular formula is C10HF7N2. The molecule has 0 unspecified atom stereocenters. The van der Waals surface area contributed by atoms with Gasteiger partial charge in [0.05, 0.1) is 11.1 Å². The number of hydrogen-bond acceptors (Lipinski definition) is 2. The third-order valence-corrected chi connectivity index (χ3v) is 2.19. The summed E-state index contributed by atoms with van der Waals surface area (Å²) < 4.78 is 90.9. The van der Waals surface area contributed by atoms with Crippen LogP contribution in [0.3, 0.4) is 0 Å². The monoisotopic (exact) mass is 282 g/mol. The van der Waals surface area contributed by atoms with Gasteiger partial charge in [0.1, 0.15) is 0 Å². The predicted octanol–water partition coefficient (Wildman–Crippen LogP) is 3.12. The van der Waals surface area contributed by atoms with Gasteiger partial charge in [0, 0.05) is 6.20 Å². The van der Waals surface area contributed by atoms with Crippen LogP contribution < -0.4 is 0 Å². The van der Waals surface area contributed by atoms with Crippen molar-refractivity contribution >= 4 is 0 Å². The molecule has 2 nitrogen and oxygen atoms in total. The van der Waals surface area contributed by atoms with E-state index in [4.69, 9.17) is 0 Å². The molecule has 0 aliphatic carbocycles. The summed E-state index contributed by atoms with van der Waals surface area (Å²) in [5.41, 5.74) is -2.71. The second kappa shape index (κ2) is 4.48. The van der Waals surface area contributed by atoms with Crippen LogP contribution in [0.15, 0.2) is 6.20 Å². The number of nitrogens with zero attached hydrogens (tertiary/aromatic N) is 2. The van der Waals surface area contributed by atoms with Gasteiger partial charge < -0.3 is 0 Å². The van der Waals surface area contributed by atoms with E-state index >= 15 is 0 Å². The van der Waals surface area contributed by atoms with Crippen molar-refractivity contribution < 1.29 is 30.7 Å². The van der Waals surface area contributed by atoms with E-state index in [0.29, 0.717) is 0 Å². The first-order valence-electron chi connectivity index (χ1n) is 4.54. The van der Waals surface area contributed by atoms with Gasteiger partial charge in [-0.25, -0.2) is 26.9 Å². The van der Waals surface area contributed by atoms with Gasteiger partial charge in [-0.05, 0) is 0 Å². The maximum absolute atomic E-state index is 13.3. The molecule has 0 N–H and O–H groups in total. The van der Waals surface area contributed by atoms with Crippen molar-refractivity contribution in [2.45, 2.75) is 0 Å². The molecule has 0 saturated carbocycles. The van der Waals surface area contributed by atoms with Crippen molar-refractivity contribution in [3.05, 3.63) is 47.3 Å². The summed E-state index contributed by atoms with van der Waals surface area (Å²) in [4.78, 5) is 5.29. The fourth-order valence-electron chi connectivity index (χ4n) is 1.35. The van der Waals surface area contributed by atoms with Crippen LogP contribution in [-0.2, 0) is 0 Å². The van der Waals surface area contributed by atoms with Crippen molar-refractivity contribution in [2.24, 2.45) is 0 Å². The molecule has 1 heterocycles. The standard InChI is InChI=1S/C10HF7N2/c11-4-3(2-1-18-10(17)19-9(2)16)5(12)7(14)8(15)6(4)13/h1H. The fourth-order valence-corrected chi connectivity index (χ4v) is 1.35. The summed E-state index contributed by atoms with van der Waals surface area (Å²) in [6.45, 7) is 0. The summed E-state index contributed by atoms with van der Waals surface area (Å²) in [7, 11) is 0. The van der Waals surface area contributed by atoms with E-state index in [1.54, 1.807) is 0 Å². The highest BCUT2D eigenvalue weighted by Crippen LogP contribution is 2.31. The molecule has 19 heavy (non-hydrogen) atoms. The molecule has 0 amide bonds. The third kappa shape index (κ3) is 2.00. The normalized spacial score (nSPS) is 10.9. The number of halogens is 7. The van der Waals surface area contributed by atoms with Crippen molar-refractivity contribution in [1.29, 1.82) is 0 Å². The van der Waals surface area contributed by atoms with E-state index in [2.05, 4.69) is 9.97 Å². The zero-order valence-electron chi connectivity index (χ0n) is 8.62. The molecule has 1 aromatic heterocycles. The summed E-state index contributed by atoms with van der Waals surface area (Å²) in [5, 5.41) is 0. The minimum atomic E-state index is -2.39. The summed E-state index contributed by atoms with van der Waals surface area (Å²) in [6.07, 6.45) is -1.28. The largest absolute Gasteiger partial charge is 0.311 e. The van der Waals surface area contributed by atoms with E-state index in [9.17, 15) is 30.7 Å². The molecule has 1 aromatic carbocycles. The molecule has 2 rings (SSSR count). The SMILES string of the molecule is Fc1ncc(-c2c(F)c(F)c(F)c(F)c2F)c(F)n1. The van der Waals surface area contributed by atoms with Crippen LogP contribution in [0.4, 0.5) is 30.7 Å². The molecule has 0 aliphatic heterocycles. The van der Waals surface area contributed by atoms with Crippen molar-refractivity contribution in [3.8, 4) is 11.1 Å². The first-order chi connectivity index (χ1) is 8.84. The minimum Gasteiger partial charge on any atom is -0.210 e. The molecule has 2 aromatic rings. The lowest BCUT2D eigenvalue weighted by atomic mass is 10.1. The van der Waals surface area contributed by atoms with Gasteiger partial charge in [-0.1, -0.05) is 0 Å². The summed E-state index contributed by atoms with van der Waals surface area (Å²) >= 11 is 0. The van der Waals surface area contributed by atoms with Crippen LogP contribution >= 0.6 is 0 Å². The highest BCUT2D eigenvalue weighted by molar-refractivity contribution is 5.64. The first-order valence-corrected chi connectivity index (χ1v) is 4.54. The quantitative estimate of drug-likeness (QED) is 0.264. The van der Waals surface area contributed by atoms with Crippen LogP contribution in [0, 0.1) is 41.1 Å². The van der Waals surface area contributed by atoms with Crippen molar-refractivity contribution in [1.82, 2.24) is 9.97 Å². The van der Waals surface area contributed by atoms with Crippen LogP contribution in [0.2, 0.25) is 0 Å². The lowest BCUT2D eigenvalue weighted by molar-refractivity contribution is 0.380. The molecule has 0 bridgehead atoms. The minimum absolute atomic E-state index is 0.274. The lowest BCUT2D eigenvalue weighted by Gasteiger charge is -2.08. The van der Waals surface area contributed by atoms with E-state index < -0.39 is 52.2 Å². The van der Waals surface area contributed by atoms with E-state index in [1.807, 2.05) is 0 Å². The van der Waals surface area contributed by atoms with Crippen molar-refractivity contribution in [2.75, 3.05) is 0 Å². The highest BCUT2D eigenvalue weighted by atomic mass is 19.2. The molecule has 100 valence electrons. The molecule has 0 radical (unpaired) electrons. The Kier molecular flexibility index (Phi) is 3.13. The van der Waals surface area contributed by atoms with Crippen LogP contribution in [-0.4, -0.2) is 9.97 Å². The number of aromatic nitrogens is 2. The Labute approximate surface area is 100 Å². The summed E-state index contributed by atoms with van der Waals surface area (Å²) in [6, 6.07) is 0. The molecule has 0 fully saturated rings. The maximum atomic E-state index is 13.3. The zero-order valence-corrected chi connectivity index (χ0v) is 8.62. The Bertz CT molecular complexity index is 642. The number of benzene rings is 1. The Morgan fingerprint density at radius 3 is 1.63 bits per heavy atom. The van der Waals surface area contributed by atoms with Gasteiger partial charge in [0.25, 0.3) is 0 Å². The van der Waals surface area contributed by atoms with Gasteiger partial charge in [-0.15, -0.1) is 0 Å². The third-order valence-electron chi connectivity index (χ3n) is 2.19. The van der Waals surface area contributed by atoms with Gasteiger partial charge in [0.15, 0.2) is 23.3 Å². The second-order valence-corrected chi connectivity index (χ2v) is 3.29. The first kappa shape index (κ1) is 13.2. The van der Waals surface area contributed by atoms with Crippen molar-refractivity contribution in [3.63, 3.8) is 0 Å². The highest BCUT2D eigenvalue weighted by Gasteiger charge is 2.28. The molecule has 0 saturated heterocycles. The van der Waals surface area contributed by atoms with Gasteiger partial charge in [-0.3, -0.25) is 0 Å². The smallest absolute Gasteiger partial charge is 0.210 e. The zero-order chi connectivity index (χ0) is 14.3. The molecule has 0 aliphatic rings. The van der Waals surface area contributed by atoms with Gasteiger partial charge in [0.2, 0.25) is 11.8 Å². The fraction of sp³-hybridized carbons (Fsp3) is 0. The second-order valence-electron chi connectivity index (χ2n) is 3.29. The Morgan fingerprint density at radius 1 is 0.684 bits per heavy atom.